The zero-order chi connectivity index (χ0) is 14.1. The Kier molecular flexibility index (Phi) is 3.83. The smallest absolute Gasteiger partial charge is 0.310 e. The molecule has 1 saturated heterocycles. The maximum atomic E-state index is 12.0. The number of esters is 1. The van der Waals surface area contributed by atoms with Gasteiger partial charge >= 0.3 is 5.97 Å². The van der Waals surface area contributed by atoms with Gasteiger partial charge in [0.2, 0.25) is 0 Å². The fourth-order valence-corrected chi connectivity index (χ4v) is 3.65. The monoisotopic (exact) mass is 336 g/mol. The van der Waals surface area contributed by atoms with E-state index in [2.05, 4.69) is 28.1 Å². The largest absolute Gasteiger partial charge is 0.504 e. The lowest BCUT2D eigenvalue weighted by Gasteiger charge is -2.32. The predicted molar refractivity (Wildman–Crippen MR) is 79.1 cm³/mol. The normalized spacial score (nSPS) is 31.0. The molecule has 3 rings (SSSR count). The van der Waals surface area contributed by atoms with E-state index in [9.17, 15) is 4.79 Å². The van der Waals surface area contributed by atoms with Gasteiger partial charge in [-0.25, -0.2) is 0 Å². The number of benzene rings is 1. The second kappa shape index (κ2) is 5.60. The fourth-order valence-electron chi connectivity index (χ4n) is 3.39. The number of carbonyl (C=O) groups is 1. The minimum Gasteiger partial charge on any atom is -0.504 e. The quantitative estimate of drug-likeness (QED) is 0.610. The first-order valence-corrected chi connectivity index (χ1v) is 7.61. The molecule has 20 heavy (non-hydrogen) atoms. The molecule has 1 aromatic carbocycles. The van der Waals surface area contributed by atoms with E-state index in [0.717, 1.165) is 17.3 Å². The third kappa shape index (κ3) is 2.49. The van der Waals surface area contributed by atoms with Gasteiger partial charge in [0.25, 0.3) is 0 Å². The fraction of sp³-hybridized carbons (Fsp3) is 0.438. The van der Waals surface area contributed by atoms with E-state index in [1.165, 1.54) is 11.1 Å². The summed E-state index contributed by atoms with van der Waals surface area (Å²) in [5, 5.41) is 0. The third-order valence-corrected chi connectivity index (χ3v) is 4.77. The van der Waals surface area contributed by atoms with Gasteiger partial charge < -0.3 is 9.47 Å². The van der Waals surface area contributed by atoms with Crippen molar-refractivity contribution in [3.8, 4) is 0 Å². The van der Waals surface area contributed by atoms with Crippen LogP contribution in [0.2, 0.25) is 0 Å². The summed E-state index contributed by atoms with van der Waals surface area (Å²) in [4.78, 5) is 12.0. The molecule has 3 nitrogen and oxygen atoms in total. The van der Waals surface area contributed by atoms with Crippen LogP contribution in [0.15, 0.2) is 40.6 Å². The van der Waals surface area contributed by atoms with Crippen molar-refractivity contribution in [1.82, 2.24) is 0 Å². The number of hydrogen-bond acceptors (Lipinski definition) is 3. The van der Waals surface area contributed by atoms with Crippen molar-refractivity contribution in [2.24, 2.45) is 11.8 Å². The first kappa shape index (κ1) is 13.7. The van der Waals surface area contributed by atoms with E-state index in [4.69, 9.17) is 9.47 Å². The number of methoxy groups -OCH3 is 1. The van der Waals surface area contributed by atoms with Crippen LogP contribution < -0.4 is 0 Å². The molecule has 1 heterocycles. The molecule has 1 aromatic rings. The number of cyclic esters (lactones) is 1. The summed E-state index contributed by atoms with van der Waals surface area (Å²) in [6.45, 7) is 0.539. The Bertz CT molecular complexity index is 535. The van der Waals surface area contributed by atoms with Gasteiger partial charge in [0.05, 0.1) is 25.9 Å². The number of halogens is 1. The minimum atomic E-state index is -0.0422. The second-order valence-corrected chi connectivity index (χ2v) is 6.41. The number of rotatable bonds is 2. The molecular weight excluding hydrogens is 320 g/mol. The van der Waals surface area contributed by atoms with Gasteiger partial charge in [0.15, 0.2) is 0 Å². The van der Waals surface area contributed by atoms with Crippen LogP contribution in [0.5, 0.6) is 0 Å². The summed E-state index contributed by atoms with van der Waals surface area (Å²) in [5.74, 6) is 0.425. The van der Waals surface area contributed by atoms with E-state index >= 15 is 0 Å². The highest BCUT2D eigenvalue weighted by Gasteiger charge is 2.46. The van der Waals surface area contributed by atoms with Crippen molar-refractivity contribution in [2.45, 2.75) is 18.8 Å². The molecule has 3 atom stereocenters. The first-order valence-electron chi connectivity index (χ1n) is 6.82. The Balaban J connectivity index is 1.94. The van der Waals surface area contributed by atoms with Crippen molar-refractivity contribution >= 4 is 21.9 Å². The molecule has 2 aliphatic rings. The third-order valence-electron chi connectivity index (χ3n) is 4.24. The Morgan fingerprint density at radius 2 is 2.05 bits per heavy atom. The molecule has 1 saturated carbocycles. The molecule has 0 N–H and O–H groups in total. The van der Waals surface area contributed by atoms with Crippen LogP contribution in [0.4, 0.5) is 0 Å². The van der Waals surface area contributed by atoms with E-state index in [-0.39, 0.29) is 23.7 Å². The summed E-state index contributed by atoms with van der Waals surface area (Å²) in [6.07, 6.45) is 3.59. The SMILES string of the molecule is COC=C1CC2COC(=O)[C@H]2[C@@H](c2ccc(Br)cc2)C1. The predicted octanol–water partition coefficient (Wildman–Crippen LogP) is 3.65. The molecule has 1 aliphatic carbocycles. The highest BCUT2D eigenvalue weighted by molar-refractivity contribution is 9.10. The number of fused-ring (bicyclic) bond motifs is 1. The lowest BCUT2D eigenvalue weighted by atomic mass is 9.69. The van der Waals surface area contributed by atoms with E-state index in [1.807, 2.05) is 18.4 Å². The average Bonchev–Trinajstić information content (AvgIpc) is 2.81. The number of hydrogen-bond donors (Lipinski definition) is 0. The molecule has 0 radical (unpaired) electrons. The Labute approximate surface area is 127 Å². The molecule has 106 valence electrons. The molecule has 0 aromatic heterocycles. The molecule has 0 amide bonds. The van der Waals surface area contributed by atoms with Crippen LogP contribution in [0, 0.1) is 11.8 Å². The number of carbonyl (C=O) groups excluding carboxylic acids is 1. The summed E-state index contributed by atoms with van der Waals surface area (Å²) in [5.41, 5.74) is 2.46. The van der Waals surface area contributed by atoms with E-state index in [0.29, 0.717) is 6.61 Å². The van der Waals surface area contributed by atoms with Crippen molar-refractivity contribution in [3.63, 3.8) is 0 Å². The molecule has 0 spiro atoms. The van der Waals surface area contributed by atoms with Gasteiger partial charge in [-0.1, -0.05) is 28.1 Å². The van der Waals surface area contributed by atoms with Crippen molar-refractivity contribution in [1.29, 1.82) is 0 Å². The molecule has 4 heteroatoms. The van der Waals surface area contributed by atoms with Gasteiger partial charge in [-0.05, 0) is 36.1 Å². The lowest BCUT2D eigenvalue weighted by molar-refractivity contribution is -0.141. The van der Waals surface area contributed by atoms with Gasteiger partial charge in [-0.3, -0.25) is 4.79 Å². The lowest BCUT2D eigenvalue weighted by Crippen LogP contribution is -2.29. The highest BCUT2D eigenvalue weighted by Crippen LogP contribution is 2.47. The number of allylic oxidation sites excluding steroid dienone is 1. The average molecular weight is 337 g/mol. The highest BCUT2D eigenvalue weighted by atomic mass is 79.9. The zero-order valence-corrected chi connectivity index (χ0v) is 12.9. The topological polar surface area (TPSA) is 35.5 Å². The zero-order valence-electron chi connectivity index (χ0n) is 11.3. The standard InChI is InChI=1S/C16H17BrO3/c1-19-8-10-6-12-9-20-16(18)15(12)14(7-10)11-2-4-13(17)5-3-11/h2-5,8,12,14-15H,6-7,9H2,1H3/t12?,14-,15-/m1/s1. The van der Waals surface area contributed by atoms with Crippen LogP contribution in [0.25, 0.3) is 0 Å². The second-order valence-electron chi connectivity index (χ2n) is 5.49. The maximum absolute atomic E-state index is 12.0. The summed E-state index contributed by atoms with van der Waals surface area (Å²) < 4.78 is 11.5. The first-order chi connectivity index (χ1) is 9.69. The van der Waals surface area contributed by atoms with Crippen LogP contribution in [-0.2, 0) is 14.3 Å². The maximum Gasteiger partial charge on any atom is 0.310 e. The van der Waals surface area contributed by atoms with Gasteiger partial charge in [-0.15, -0.1) is 0 Å². The molecule has 0 bridgehead atoms. The van der Waals surface area contributed by atoms with Crippen molar-refractivity contribution in [2.75, 3.05) is 13.7 Å². The molecule has 1 unspecified atom stereocenters. The van der Waals surface area contributed by atoms with Gasteiger partial charge in [0.1, 0.15) is 0 Å². The Hall–Kier alpha value is -1.29. The van der Waals surface area contributed by atoms with Crippen molar-refractivity contribution < 1.29 is 14.3 Å². The summed E-state index contributed by atoms with van der Waals surface area (Å²) in [7, 11) is 1.67. The van der Waals surface area contributed by atoms with Crippen LogP contribution in [-0.4, -0.2) is 19.7 Å². The molecule has 1 aliphatic heterocycles. The van der Waals surface area contributed by atoms with Crippen LogP contribution >= 0.6 is 15.9 Å². The van der Waals surface area contributed by atoms with Crippen molar-refractivity contribution in [3.05, 3.63) is 46.1 Å². The minimum absolute atomic E-state index is 0.00909. The van der Waals surface area contributed by atoms with Crippen LogP contribution in [0.3, 0.4) is 0 Å². The molecular formula is C16H17BrO3. The number of ether oxygens (including phenoxy) is 2. The molecule has 2 fully saturated rings. The Morgan fingerprint density at radius 3 is 2.75 bits per heavy atom. The summed E-state index contributed by atoms with van der Waals surface area (Å²) in [6, 6.07) is 8.23. The van der Waals surface area contributed by atoms with Crippen LogP contribution in [0.1, 0.15) is 24.3 Å². The summed E-state index contributed by atoms with van der Waals surface area (Å²) >= 11 is 3.45. The van der Waals surface area contributed by atoms with Gasteiger partial charge in [-0.2, -0.15) is 0 Å². The Morgan fingerprint density at radius 1 is 1.30 bits per heavy atom. The van der Waals surface area contributed by atoms with Gasteiger partial charge in [0, 0.05) is 16.3 Å². The van der Waals surface area contributed by atoms with E-state index < -0.39 is 0 Å². The van der Waals surface area contributed by atoms with E-state index in [1.54, 1.807) is 7.11 Å².